The van der Waals surface area contributed by atoms with Crippen molar-refractivity contribution in [3.63, 3.8) is 0 Å². The third kappa shape index (κ3) is 3.94. The topological polar surface area (TPSA) is 116 Å². The highest BCUT2D eigenvalue weighted by molar-refractivity contribution is 7.80. The zero-order valence-electron chi connectivity index (χ0n) is 19.2. The SMILES string of the molecule is NC(=O)C12CC3CC(C1)C(NC(=O)C1(N(c4ccccc4C(F)(F)F)S(=O)[O-])CCCC1)C(C3)C2. The number of para-hydroxylation sites is 1. The molecule has 0 radical (unpaired) electrons. The molecule has 0 spiro atoms. The fourth-order valence-corrected chi connectivity index (χ4v) is 8.54. The number of hydrogen-bond donors (Lipinski definition) is 2. The maximum absolute atomic E-state index is 13.9. The number of hydrogen-bond acceptors (Lipinski definition) is 4. The van der Waals surface area contributed by atoms with Gasteiger partial charge in [-0.3, -0.25) is 18.1 Å². The van der Waals surface area contributed by atoms with Crippen molar-refractivity contribution in [2.24, 2.45) is 28.9 Å². The molecule has 0 heterocycles. The number of amides is 2. The Morgan fingerprint density at radius 1 is 1.09 bits per heavy atom. The van der Waals surface area contributed by atoms with E-state index < -0.39 is 45.6 Å². The monoisotopic (exact) mass is 512 g/mol. The highest BCUT2D eigenvalue weighted by Crippen LogP contribution is 2.60. The molecule has 5 aliphatic carbocycles. The quantitative estimate of drug-likeness (QED) is 0.568. The van der Waals surface area contributed by atoms with Gasteiger partial charge in [0.05, 0.1) is 11.3 Å². The van der Waals surface area contributed by atoms with Crippen LogP contribution in [0.2, 0.25) is 0 Å². The van der Waals surface area contributed by atoms with Gasteiger partial charge >= 0.3 is 6.18 Å². The Morgan fingerprint density at radius 3 is 2.23 bits per heavy atom. The first-order valence-corrected chi connectivity index (χ1v) is 13.2. The number of nitrogens with zero attached hydrogens (tertiary/aromatic N) is 1. The number of carbonyl (C=O) groups is 2. The van der Waals surface area contributed by atoms with Gasteiger partial charge in [-0.2, -0.15) is 13.2 Å². The van der Waals surface area contributed by atoms with Crippen LogP contribution in [0.5, 0.6) is 0 Å². The second-order valence-corrected chi connectivity index (χ2v) is 11.7. The molecule has 5 saturated carbocycles. The van der Waals surface area contributed by atoms with E-state index in [9.17, 15) is 31.5 Å². The molecule has 1 aromatic rings. The van der Waals surface area contributed by atoms with Crippen molar-refractivity contribution < 1.29 is 31.5 Å². The van der Waals surface area contributed by atoms with Crippen LogP contribution in [-0.2, 0) is 27.0 Å². The summed E-state index contributed by atoms with van der Waals surface area (Å²) in [5.41, 5.74) is 1.94. The standard InChI is InChI=1S/C24H30F3N3O4S/c25-24(26,27)17-5-1-2-6-18(17)30(35(33)34)23(7-3-4-8-23)21(32)29-19-15-9-14-10-16(19)13-22(11-14,12-15)20(28)31/h1-2,5-6,14-16,19H,3-4,7-13H2,(H2,28,31)(H,29,32)(H,33,34)/p-1. The third-order valence-electron chi connectivity index (χ3n) is 8.91. The summed E-state index contributed by atoms with van der Waals surface area (Å²) >= 11 is -3.11. The Hall–Kier alpha value is -2.14. The predicted octanol–water partition coefficient (Wildman–Crippen LogP) is 3.42. The lowest BCUT2D eigenvalue weighted by Gasteiger charge is -2.59. The first kappa shape index (κ1) is 24.5. The molecule has 0 aliphatic heterocycles. The van der Waals surface area contributed by atoms with Gasteiger partial charge in [-0.15, -0.1) is 0 Å². The van der Waals surface area contributed by atoms with E-state index in [0.29, 0.717) is 35.9 Å². The second-order valence-electron chi connectivity index (χ2n) is 10.9. The zero-order chi connectivity index (χ0) is 25.2. The molecule has 5 aliphatic rings. The Labute approximate surface area is 204 Å². The summed E-state index contributed by atoms with van der Waals surface area (Å²) in [6.07, 6.45) is 0.202. The zero-order valence-corrected chi connectivity index (χ0v) is 20.0. The molecule has 192 valence electrons. The van der Waals surface area contributed by atoms with E-state index in [1.54, 1.807) is 0 Å². The Bertz CT molecular complexity index is 1040. The number of primary amides is 1. The number of nitrogens with one attached hydrogen (secondary N) is 1. The number of anilines is 1. The molecular weight excluding hydrogens is 483 g/mol. The van der Waals surface area contributed by atoms with Crippen molar-refractivity contribution in [3.8, 4) is 0 Å². The molecule has 2 amide bonds. The minimum Gasteiger partial charge on any atom is -0.755 e. The number of nitrogens with two attached hydrogens (primary N) is 1. The summed E-state index contributed by atoms with van der Waals surface area (Å²) in [6.45, 7) is 0. The molecule has 3 atom stereocenters. The fourth-order valence-electron chi connectivity index (χ4n) is 7.67. The summed E-state index contributed by atoms with van der Waals surface area (Å²) in [5, 5.41) is 3.08. The molecule has 35 heavy (non-hydrogen) atoms. The van der Waals surface area contributed by atoms with Gasteiger partial charge in [0, 0.05) is 22.7 Å². The van der Waals surface area contributed by atoms with Crippen LogP contribution in [0.4, 0.5) is 18.9 Å². The van der Waals surface area contributed by atoms with Gasteiger partial charge in [0.1, 0.15) is 5.54 Å². The Kier molecular flexibility index (Phi) is 5.94. The average molecular weight is 513 g/mol. The van der Waals surface area contributed by atoms with Crippen LogP contribution in [0.15, 0.2) is 24.3 Å². The maximum Gasteiger partial charge on any atom is 0.418 e. The lowest BCUT2D eigenvalue weighted by atomic mass is 9.47. The number of alkyl halides is 3. The van der Waals surface area contributed by atoms with E-state index in [0.717, 1.165) is 31.4 Å². The molecule has 0 aromatic heterocycles. The number of benzene rings is 1. The van der Waals surface area contributed by atoms with E-state index in [4.69, 9.17) is 5.73 Å². The lowest BCUT2D eigenvalue weighted by Crippen LogP contribution is -2.66. The van der Waals surface area contributed by atoms with E-state index in [1.165, 1.54) is 12.1 Å². The van der Waals surface area contributed by atoms with Gasteiger partial charge in [0.15, 0.2) is 0 Å². The number of carbonyl (C=O) groups excluding carboxylic acids is 2. The molecule has 0 saturated heterocycles. The molecule has 3 N–H and O–H groups in total. The van der Waals surface area contributed by atoms with Gasteiger partial charge in [0.25, 0.3) is 0 Å². The average Bonchev–Trinajstić information content (AvgIpc) is 3.26. The van der Waals surface area contributed by atoms with Gasteiger partial charge in [-0.1, -0.05) is 25.0 Å². The highest BCUT2D eigenvalue weighted by Gasteiger charge is 2.59. The van der Waals surface area contributed by atoms with Gasteiger partial charge in [0.2, 0.25) is 11.8 Å². The molecule has 5 fully saturated rings. The fraction of sp³-hybridized carbons (Fsp3) is 0.667. The molecule has 4 bridgehead atoms. The first-order valence-electron chi connectivity index (χ1n) is 12.1. The molecule has 11 heteroatoms. The molecule has 3 unspecified atom stereocenters. The van der Waals surface area contributed by atoms with E-state index in [1.807, 2.05) is 0 Å². The van der Waals surface area contributed by atoms with Crippen molar-refractivity contribution in [1.29, 1.82) is 0 Å². The number of rotatable bonds is 6. The normalized spacial score (nSPS) is 33.9. The van der Waals surface area contributed by atoms with Crippen LogP contribution in [-0.4, -0.2) is 32.2 Å². The van der Waals surface area contributed by atoms with Crippen LogP contribution in [0, 0.1) is 23.2 Å². The Balaban J connectivity index is 1.47. The van der Waals surface area contributed by atoms with E-state index in [-0.39, 0.29) is 36.6 Å². The van der Waals surface area contributed by atoms with Gasteiger partial charge in [-0.05, 0) is 74.8 Å². The van der Waals surface area contributed by atoms with Crippen LogP contribution in [0.3, 0.4) is 0 Å². The van der Waals surface area contributed by atoms with Crippen LogP contribution in [0.1, 0.15) is 63.4 Å². The van der Waals surface area contributed by atoms with Crippen LogP contribution in [0.25, 0.3) is 0 Å². The largest absolute Gasteiger partial charge is 0.755 e. The maximum atomic E-state index is 13.9. The van der Waals surface area contributed by atoms with Crippen LogP contribution >= 0.6 is 0 Å². The van der Waals surface area contributed by atoms with Crippen molar-refractivity contribution >= 4 is 28.8 Å². The number of halogens is 3. The van der Waals surface area contributed by atoms with Crippen molar-refractivity contribution in [2.75, 3.05) is 4.31 Å². The minimum atomic E-state index is -4.78. The molecule has 1 aromatic carbocycles. The summed E-state index contributed by atoms with van der Waals surface area (Å²) in [6, 6.07) is 4.22. The van der Waals surface area contributed by atoms with E-state index >= 15 is 0 Å². The predicted molar refractivity (Wildman–Crippen MR) is 121 cm³/mol. The molecule has 6 rings (SSSR count). The first-order chi connectivity index (χ1) is 16.5. The van der Waals surface area contributed by atoms with E-state index in [2.05, 4.69) is 5.32 Å². The molecule has 7 nitrogen and oxygen atoms in total. The van der Waals surface area contributed by atoms with Crippen molar-refractivity contribution in [2.45, 2.75) is 75.5 Å². The summed E-state index contributed by atoms with van der Waals surface area (Å²) < 4.78 is 66.9. The Morgan fingerprint density at radius 2 is 1.69 bits per heavy atom. The lowest BCUT2D eigenvalue weighted by molar-refractivity contribution is -0.148. The highest BCUT2D eigenvalue weighted by atomic mass is 32.2. The summed E-state index contributed by atoms with van der Waals surface area (Å²) in [5.74, 6) is -0.389. The van der Waals surface area contributed by atoms with Crippen molar-refractivity contribution in [1.82, 2.24) is 5.32 Å². The van der Waals surface area contributed by atoms with Gasteiger partial charge in [-0.25, -0.2) is 0 Å². The summed E-state index contributed by atoms with van der Waals surface area (Å²) in [7, 11) is 0. The second kappa shape index (κ2) is 8.47. The summed E-state index contributed by atoms with van der Waals surface area (Å²) in [4.78, 5) is 26.1. The van der Waals surface area contributed by atoms with Gasteiger partial charge < -0.3 is 15.6 Å². The van der Waals surface area contributed by atoms with Crippen molar-refractivity contribution in [3.05, 3.63) is 29.8 Å². The minimum absolute atomic E-state index is 0.0461. The third-order valence-corrected chi connectivity index (χ3v) is 9.76. The van der Waals surface area contributed by atoms with Crippen LogP contribution < -0.4 is 15.4 Å². The molecular formula is C24H29F3N3O4S-. The smallest absolute Gasteiger partial charge is 0.418 e.